The van der Waals surface area contributed by atoms with Gasteiger partial charge in [0, 0.05) is 76.2 Å². The fourth-order valence-electron chi connectivity index (χ4n) is 6.01. The first-order chi connectivity index (χ1) is 22.2. The second kappa shape index (κ2) is 10.7. The topological polar surface area (TPSA) is 122 Å². The van der Waals surface area contributed by atoms with E-state index in [4.69, 9.17) is 31.4 Å². The Bertz CT molecular complexity index is 2150. The zero-order valence-corrected chi connectivity index (χ0v) is 24.9. The van der Waals surface area contributed by atoms with E-state index in [1.54, 1.807) is 23.0 Å². The van der Waals surface area contributed by atoms with Crippen molar-refractivity contribution >= 4 is 34.2 Å². The minimum absolute atomic E-state index is 0.0193. The fourth-order valence-corrected chi connectivity index (χ4v) is 6.10. The van der Waals surface area contributed by atoms with Gasteiger partial charge in [-0.15, -0.1) is 8.78 Å². The monoisotopic (exact) mass is 640 g/mol. The first-order valence-corrected chi connectivity index (χ1v) is 14.7. The molecule has 0 fully saturated rings. The molecule has 0 saturated carbocycles. The maximum atomic E-state index is 13.6. The number of anilines is 1. The van der Waals surface area contributed by atoms with Crippen LogP contribution in [0.4, 0.5) is 14.5 Å². The molecule has 14 heteroatoms. The number of halogens is 3. The molecule has 0 bridgehead atoms. The van der Waals surface area contributed by atoms with Gasteiger partial charge in [0.15, 0.2) is 5.82 Å². The summed E-state index contributed by atoms with van der Waals surface area (Å²) < 4.78 is 40.1. The van der Waals surface area contributed by atoms with E-state index in [1.807, 2.05) is 18.5 Å². The smallest absolute Gasteiger partial charge is 0.420 e. The van der Waals surface area contributed by atoms with Gasteiger partial charge in [-0.25, -0.2) is 19.6 Å². The summed E-state index contributed by atoms with van der Waals surface area (Å²) in [5.41, 5.74) is 3.67. The van der Waals surface area contributed by atoms with E-state index in [1.165, 1.54) is 30.6 Å². The van der Waals surface area contributed by atoms with E-state index < -0.39 is 11.5 Å². The largest absolute Gasteiger partial charge is 0.487 e. The van der Waals surface area contributed by atoms with Gasteiger partial charge in [-0.2, -0.15) is 5.10 Å². The third-order valence-electron chi connectivity index (χ3n) is 7.98. The molecule has 6 aromatic rings. The van der Waals surface area contributed by atoms with Crippen molar-refractivity contribution in [1.29, 1.82) is 0 Å². The number of nitrogens with one attached hydrogen (secondary N) is 1. The predicted octanol–water partition coefficient (Wildman–Crippen LogP) is 6.16. The number of alkyl halides is 3. The Morgan fingerprint density at radius 2 is 1.98 bits per heavy atom. The van der Waals surface area contributed by atoms with Gasteiger partial charge < -0.3 is 19.4 Å². The number of carbonyl (C=O) groups is 1. The summed E-state index contributed by atoms with van der Waals surface area (Å²) in [5.74, 6) is 0.876. The molecule has 8 rings (SSSR count). The standard InChI is InChI=1S/C32H23ClF2N8O3/c1-17-14-45-15-28-40-26-10-18(31(44)39-21-2-4-22(5-3-21)46-32(33,34)35)8-23(30(26)43(17)28)19-9-24-25(37-12-19)11-20-13-42(41-29(20)24)27-6-7-36-16-38-27/h2-10,12-13,16-17H,11,14-15H2,1H3,(H,39,44)/t17-/m1/s1. The summed E-state index contributed by atoms with van der Waals surface area (Å²) in [4.78, 5) is 31.5. The number of hydrogen-bond acceptors (Lipinski definition) is 8. The molecule has 2 aromatic carbocycles. The summed E-state index contributed by atoms with van der Waals surface area (Å²) in [7, 11) is 0. The fraction of sp³-hybridized carbons (Fsp3) is 0.188. The highest BCUT2D eigenvalue weighted by Gasteiger charge is 2.29. The summed E-state index contributed by atoms with van der Waals surface area (Å²) in [6.07, 6.45) is 7.55. The first kappa shape index (κ1) is 28.2. The lowest BCUT2D eigenvalue weighted by Gasteiger charge is -2.23. The average molecular weight is 641 g/mol. The number of aromatic nitrogens is 7. The van der Waals surface area contributed by atoms with Crippen LogP contribution >= 0.6 is 11.6 Å². The molecule has 0 saturated heterocycles. The number of amides is 1. The van der Waals surface area contributed by atoms with Gasteiger partial charge in [0.1, 0.15) is 24.5 Å². The van der Waals surface area contributed by atoms with Crippen LogP contribution in [0.1, 0.15) is 40.4 Å². The van der Waals surface area contributed by atoms with Gasteiger partial charge in [0.05, 0.1) is 35.1 Å². The number of rotatable bonds is 6. The minimum atomic E-state index is -3.84. The van der Waals surface area contributed by atoms with E-state index in [2.05, 4.69) is 37.6 Å². The molecule has 1 aliphatic heterocycles. The number of fused-ring (bicyclic) bond motifs is 6. The number of pyridine rings is 1. The third kappa shape index (κ3) is 5.03. The van der Waals surface area contributed by atoms with Crippen molar-refractivity contribution < 1.29 is 23.0 Å². The maximum Gasteiger partial charge on any atom is 0.487 e. The molecule has 0 radical (unpaired) electrons. The van der Waals surface area contributed by atoms with Crippen LogP contribution in [0, 0.1) is 0 Å². The molecule has 1 amide bonds. The number of carbonyl (C=O) groups excluding carboxylic acids is 1. The normalized spacial score (nSPS) is 15.3. The molecule has 0 unspecified atom stereocenters. The Morgan fingerprint density at radius 1 is 1.13 bits per heavy atom. The van der Waals surface area contributed by atoms with Crippen LogP contribution in [-0.4, -0.2) is 52.4 Å². The Kier molecular flexibility index (Phi) is 6.55. The Balaban J connectivity index is 1.20. The number of nitrogens with zero attached hydrogens (tertiary/aromatic N) is 7. The molecule has 0 spiro atoms. The number of hydrogen-bond donors (Lipinski definition) is 1. The van der Waals surface area contributed by atoms with Crippen molar-refractivity contribution in [3.05, 3.63) is 96.1 Å². The number of benzene rings is 2. The Morgan fingerprint density at radius 3 is 2.76 bits per heavy atom. The summed E-state index contributed by atoms with van der Waals surface area (Å²) in [6.45, 7) is 2.94. The number of imidazole rings is 1. The summed E-state index contributed by atoms with van der Waals surface area (Å²) in [6, 6.07) is 12.9. The molecule has 11 nitrogen and oxygen atoms in total. The van der Waals surface area contributed by atoms with Gasteiger partial charge >= 0.3 is 5.57 Å². The summed E-state index contributed by atoms with van der Waals surface area (Å²) in [5, 5.41) is 7.64. The lowest BCUT2D eigenvalue weighted by Crippen LogP contribution is -2.21. The van der Waals surface area contributed by atoms with Crippen LogP contribution in [0.5, 0.6) is 5.75 Å². The maximum absolute atomic E-state index is 13.6. The van der Waals surface area contributed by atoms with Gasteiger partial charge in [-0.05, 0) is 49.4 Å². The first-order valence-electron chi connectivity index (χ1n) is 14.3. The van der Waals surface area contributed by atoms with Gasteiger partial charge in [0.25, 0.3) is 5.91 Å². The van der Waals surface area contributed by atoms with E-state index >= 15 is 0 Å². The van der Waals surface area contributed by atoms with E-state index in [0.717, 1.165) is 45.0 Å². The van der Waals surface area contributed by atoms with Gasteiger partial charge in [0.2, 0.25) is 0 Å². The van der Waals surface area contributed by atoms with Gasteiger partial charge in [-0.3, -0.25) is 9.78 Å². The van der Waals surface area contributed by atoms with Crippen molar-refractivity contribution in [2.24, 2.45) is 0 Å². The minimum Gasteiger partial charge on any atom is -0.420 e. The van der Waals surface area contributed by atoms with Crippen LogP contribution in [0.2, 0.25) is 0 Å². The second-order valence-corrected chi connectivity index (χ2v) is 11.5. The van der Waals surface area contributed by atoms with Crippen molar-refractivity contribution in [1.82, 2.24) is 34.3 Å². The van der Waals surface area contributed by atoms with Gasteiger partial charge in [-0.1, -0.05) is 0 Å². The highest BCUT2D eigenvalue weighted by Crippen LogP contribution is 2.40. The predicted molar refractivity (Wildman–Crippen MR) is 164 cm³/mol. The average Bonchev–Trinajstić information content (AvgIpc) is 3.72. The molecular weight excluding hydrogens is 618 g/mol. The molecule has 5 heterocycles. The van der Waals surface area contributed by atoms with Crippen molar-refractivity contribution in [3.8, 4) is 34.0 Å². The lowest BCUT2D eigenvalue weighted by molar-refractivity contribution is -0.0964. The molecule has 46 heavy (non-hydrogen) atoms. The summed E-state index contributed by atoms with van der Waals surface area (Å²) >= 11 is 4.86. The Labute approximate surface area is 264 Å². The molecule has 1 atom stereocenters. The van der Waals surface area contributed by atoms with Crippen molar-refractivity contribution in [2.45, 2.75) is 31.6 Å². The van der Waals surface area contributed by atoms with Crippen LogP contribution < -0.4 is 10.1 Å². The highest BCUT2D eigenvalue weighted by atomic mass is 35.5. The van der Waals surface area contributed by atoms with E-state index in [-0.39, 0.29) is 11.8 Å². The molecular formula is C32H23ClF2N8O3. The molecule has 1 N–H and O–H groups in total. The Hall–Kier alpha value is -5.27. The second-order valence-electron chi connectivity index (χ2n) is 11.1. The lowest BCUT2D eigenvalue weighted by atomic mass is 9.99. The van der Waals surface area contributed by atoms with Crippen LogP contribution in [0.15, 0.2) is 73.4 Å². The molecule has 4 aromatic heterocycles. The SMILES string of the molecule is C[C@@H]1COCc2nc3cc(C(=O)Nc4ccc(OC(F)(F)Cl)cc4)cc(-c4cnc5c(c4)-c4nn(-c6ccncn6)cc4C5)c3n21. The quantitative estimate of drug-likeness (QED) is 0.215. The van der Waals surface area contributed by atoms with Crippen LogP contribution in [0.3, 0.4) is 0 Å². The number of ether oxygens (including phenoxy) is 2. The van der Waals surface area contributed by atoms with Crippen LogP contribution in [0.25, 0.3) is 39.2 Å². The zero-order chi connectivity index (χ0) is 31.6. The molecule has 1 aliphatic carbocycles. The zero-order valence-electron chi connectivity index (χ0n) is 24.1. The van der Waals surface area contributed by atoms with E-state index in [9.17, 15) is 13.6 Å². The third-order valence-corrected chi connectivity index (χ3v) is 8.06. The van der Waals surface area contributed by atoms with Crippen LogP contribution in [-0.2, 0) is 17.8 Å². The van der Waals surface area contributed by atoms with E-state index in [0.29, 0.717) is 42.2 Å². The van der Waals surface area contributed by atoms with Crippen molar-refractivity contribution in [3.63, 3.8) is 0 Å². The highest BCUT2D eigenvalue weighted by molar-refractivity contribution is 6.20. The van der Waals surface area contributed by atoms with Crippen molar-refractivity contribution in [2.75, 3.05) is 11.9 Å². The molecule has 2 aliphatic rings. The molecule has 230 valence electrons.